The molecule has 0 N–H and O–H groups in total. The van der Waals surface area contributed by atoms with E-state index >= 15 is 0 Å². The van der Waals surface area contributed by atoms with Gasteiger partial charge in [-0.1, -0.05) is 6.08 Å². The summed E-state index contributed by atoms with van der Waals surface area (Å²) in [6, 6.07) is 7.96. The SMILES string of the molecule is C=CC1CN2CCC1CC2[C@H](OC=O)c1ccnc2ccc(OC)cc12. The van der Waals surface area contributed by atoms with Crippen LogP contribution in [-0.4, -0.2) is 42.6 Å². The third-order valence-corrected chi connectivity index (χ3v) is 5.99. The maximum atomic E-state index is 11.3. The average molecular weight is 352 g/mol. The predicted molar refractivity (Wildman–Crippen MR) is 100.0 cm³/mol. The summed E-state index contributed by atoms with van der Waals surface area (Å²) in [7, 11) is 1.65. The molecule has 5 rings (SSSR count). The molecule has 0 saturated carbocycles. The summed E-state index contributed by atoms with van der Waals surface area (Å²) in [6.07, 6.45) is 5.76. The number of carbonyl (C=O) groups excluding carboxylic acids is 1. The van der Waals surface area contributed by atoms with Gasteiger partial charge in [-0.15, -0.1) is 6.58 Å². The molecule has 2 aromatic rings. The van der Waals surface area contributed by atoms with Crippen molar-refractivity contribution < 1.29 is 14.3 Å². The molecule has 3 aliphatic heterocycles. The van der Waals surface area contributed by atoms with Crippen LogP contribution in [0.4, 0.5) is 0 Å². The summed E-state index contributed by atoms with van der Waals surface area (Å²) in [5.41, 5.74) is 1.87. The van der Waals surface area contributed by atoms with E-state index in [1.807, 2.05) is 24.3 Å². The predicted octanol–water partition coefficient (Wildman–Crippen LogP) is 3.35. The smallest absolute Gasteiger partial charge is 0.293 e. The lowest BCUT2D eigenvalue weighted by molar-refractivity contribution is -0.141. The number of nitrogens with zero attached hydrogens (tertiary/aromatic N) is 2. The highest BCUT2D eigenvalue weighted by Crippen LogP contribution is 2.43. The molecule has 3 saturated heterocycles. The van der Waals surface area contributed by atoms with Gasteiger partial charge in [0.05, 0.1) is 18.7 Å². The van der Waals surface area contributed by atoms with Gasteiger partial charge in [-0.3, -0.25) is 14.7 Å². The second-order valence-electron chi connectivity index (χ2n) is 7.18. The number of aromatic nitrogens is 1. The minimum atomic E-state index is -0.307. The number of benzene rings is 1. The minimum absolute atomic E-state index is 0.187. The van der Waals surface area contributed by atoms with E-state index in [0.717, 1.165) is 41.7 Å². The lowest BCUT2D eigenvalue weighted by atomic mass is 9.73. The number of piperidine rings is 3. The third kappa shape index (κ3) is 2.86. The van der Waals surface area contributed by atoms with E-state index in [4.69, 9.17) is 9.47 Å². The molecule has 0 amide bonds. The molecule has 136 valence electrons. The van der Waals surface area contributed by atoms with Crippen LogP contribution in [0.3, 0.4) is 0 Å². The van der Waals surface area contributed by atoms with E-state index in [2.05, 4.69) is 22.5 Å². The topological polar surface area (TPSA) is 51.7 Å². The van der Waals surface area contributed by atoms with E-state index in [1.54, 1.807) is 13.3 Å². The fourth-order valence-electron chi connectivity index (χ4n) is 4.64. The van der Waals surface area contributed by atoms with Crippen molar-refractivity contribution in [2.24, 2.45) is 11.8 Å². The highest BCUT2D eigenvalue weighted by atomic mass is 16.5. The molecule has 4 unspecified atom stereocenters. The van der Waals surface area contributed by atoms with Crippen LogP contribution in [0.2, 0.25) is 0 Å². The van der Waals surface area contributed by atoms with Crippen LogP contribution in [0, 0.1) is 11.8 Å². The van der Waals surface area contributed by atoms with Crippen LogP contribution < -0.4 is 4.74 Å². The molecule has 1 aromatic heterocycles. The number of ether oxygens (including phenoxy) is 2. The van der Waals surface area contributed by atoms with Crippen molar-refractivity contribution in [2.75, 3.05) is 20.2 Å². The van der Waals surface area contributed by atoms with Crippen molar-refractivity contribution in [1.29, 1.82) is 0 Å². The minimum Gasteiger partial charge on any atom is -0.497 e. The zero-order valence-electron chi connectivity index (χ0n) is 15.0. The third-order valence-electron chi connectivity index (χ3n) is 5.99. The monoisotopic (exact) mass is 352 g/mol. The molecule has 5 heteroatoms. The number of pyridine rings is 1. The van der Waals surface area contributed by atoms with Crippen molar-refractivity contribution in [1.82, 2.24) is 9.88 Å². The van der Waals surface area contributed by atoms with Gasteiger partial charge in [0.15, 0.2) is 0 Å². The van der Waals surface area contributed by atoms with Gasteiger partial charge in [-0.25, -0.2) is 0 Å². The van der Waals surface area contributed by atoms with Crippen molar-refractivity contribution >= 4 is 17.4 Å². The second-order valence-corrected chi connectivity index (χ2v) is 7.18. The Hall–Kier alpha value is -2.40. The molecule has 3 fully saturated rings. The fraction of sp³-hybridized carbons (Fsp3) is 0.429. The second kappa shape index (κ2) is 7.08. The highest BCUT2D eigenvalue weighted by Gasteiger charge is 2.43. The van der Waals surface area contributed by atoms with Crippen molar-refractivity contribution in [3.8, 4) is 5.75 Å². The quantitative estimate of drug-likeness (QED) is 0.589. The van der Waals surface area contributed by atoms with E-state index in [9.17, 15) is 4.79 Å². The van der Waals surface area contributed by atoms with E-state index in [1.165, 1.54) is 6.42 Å². The number of fused-ring (bicyclic) bond motifs is 4. The van der Waals surface area contributed by atoms with Crippen LogP contribution in [0.5, 0.6) is 5.75 Å². The maximum absolute atomic E-state index is 11.3. The Bertz CT molecular complexity index is 822. The van der Waals surface area contributed by atoms with Crippen molar-refractivity contribution in [3.05, 3.63) is 48.7 Å². The molecule has 0 spiro atoms. The molecular formula is C21H24N2O3. The van der Waals surface area contributed by atoms with Gasteiger partial charge >= 0.3 is 0 Å². The molecule has 3 aliphatic rings. The van der Waals surface area contributed by atoms with Crippen LogP contribution in [0.1, 0.15) is 24.5 Å². The summed E-state index contributed by atoms with van der Waals surface area (Å²) < 4.78 is 11.0. The summed E-state index contributed by atoms with van der Waals surface area (Å²) >= 11 is 0. The van der Waals surface area contributed by atoms with Crippen molar-refractivity contribution in [2.45, 2.75) is 25.0 Å². The summed E-state index contributed by atoms with van der Waals surface area (Å²) in [5, 5.41) is 0.974. The molecule has 0 radical (unpaired) electrons. The number of hydrogen-bond acceptors (Lipinski definition) is 5. The number of rotatable bonds is 6. The Morgan fingerprint density at radius 3 is 2.96 bits per heavy atom. The number of carbonyl (C=O) groups is 1. The Morgan fingerprint density at radius 2 is 2.27 bits per heavy atom. The first-order valence-electron chi connectivity index (χ1n) is 9.13. The Morgan fingerprint density at radius 1 is 1.38 bits per heavy atom. The Balaban J connectivity index is 1.75. The lowest BCUT2D eigenvalue weighted by Gasteiger charge is -2.51. The number of hydrogen-bond donors (Lipinski definition) is 0. The number of methoxy groups -OCH3 is 1. The molecule has 5 atom stereocenters. The van der Waals surface area contributed by atoms with Gasteiger partial charge in [-0.2, -0.15) is 0 Å². The zero-order chi connectivity index (χ0) is 18.1. The molecular weight excluding hydrogens is 328 g/mol. The standard InChI is InChI=1S/C21H24N2O3/c1-3-14-12-23-9-7-15(14)10-20(23)21(26-13-24)17-6-8-22-19-5-4-16(25-2)11-18(17)19/h3-6,8,11,13-15,20-21H,1,7,9-10,12H2,2H3/t14?,15?,20?,21-/m1/s1. The van der Waals surface area contributed by atoms with Gasteiger partial charge in [0, 0.05) is 23.7 Å². The molecule has 26 heavy (non-hydrogen) atoms. The van der Waals surface area contributed by atoms with Gasteiger partial charge in [0.2, 0.25) is 0 Å². The van der Waals surface area contributed by atoms with Gasteiger partial charge < -0.3 is 9.47 Å². The Kier molecular flexibility index (Phi) is 4.64. The van der Waals surface area contributed by atoms with Gasteiger partial charge in [0.25, 0.3) is 6.47 Å². The highest BCUT2D eigenvalue weighted by molar-refractivity contribution is 5.84. The first-order chi connectivity index (χ1) is 12.7. The summed E-state index contributed by atoms with van der Waals surface area (Å²) in [4.78, 5) is 18.2. The molecule has 2 bridgehead atoms. The lowest BCUT2D eigenvalue weighted by Crippen LogP contribution is -2.55. The van der Waals surface area contributed by atoms with E-state index in [0.29, 0.717) is 18.3 Å². The van der Waals surface area contributed by atoms with E-state index in [-0.39, 0.29) is 12.1 Å². The average Bonchev–Trinajstić information content (AvgIpc) is 2.71. The van der Waals surface area contributed by atoms with Crippen LogP contribution >= 0.6 is 0 Å². The van der Waals surface area contributed by atoms with Gasteiger partial charge in [-0.05, 0) is 55.5 Å². The largest absolute Gasteiger partial charge is 0.497 e. The normalized spacial score (nSPS) is 28.5. The fourth-order valence-corrected chi connectivity index (χ4v) is 4.64. The molecule has 4 heterocycles. The van der Waals surface area contributed by atoms with E-state index < -0.39 is 0 Å². The molecule has 1 aromatic carbocycles. The van der Waals surface area contributed by atoms with Crippen LogP contribution in [0.15, 0.2) is 43.1 Å². The zero-order valence-corrected chi connectivity index (χ0v) is 15.0. The van der Waals surface area contributed by atoms with Gasteiger partial charge in [0.1, 0.15) is 11.9 Å². The molecule has 0 aliphatic carbocycles. The first kappa shape index (κ1) is 17.0. The summed E-state index contributed by atoms with van der Waals surface area (Å²) in [6.45, 7) is 6.60. The first-order valence-corrected chi connectivity index (χ1v) is 9.13. The Labute approximate surface area is 153 Å². The summed E-state index contributed by atoms with van der Waals surface area (Å²) in [5.74, 6) is 1.92. The molecule has 5 nitrogen and oxygen atoms in total. The van der Waals surface area contributed by atoms with Crippen LogP contribution in [0.25, 0.3) is 10.9 Å². The van der Waals surface area contributed by atoms with Crippen LogP contribution in [-0.2, 0) is 9.53 Å². The van der Waals surface area contributed by atoms with Crippen molar-refractivity contribution in [3.63, 3.8) is 0 Å². The maximum Gasteiger partial charge on any atom is 0.293 e.